The fraction of sp³-hybridized carbons (Fsp3) is 0.625. The first-order chi connectivity index (χ1) is 4.85. The summed E-state index contributed by atoms with van der Waals surface area (Å²) in [5, 5.41) is 8.43. The minimum Gasteiger partial charge on any atom is -0.404 e. The number of nitrogens with zero attached hydrogens (tertiary/aromatic N) is 1. The van der Waals surface area contributed by atoms with Crippen LogP contribution in [-0.2, 0) is 0 Å². The number of nitriles is 1. The van der Waals surface area contributed by atoms with Gasteiger partial charge in [0.15, 0.2) is 0 Å². The Bertz CT molecular complexity index is 142. The van der Waals surface area contributed by atoms with Gasteiger partial charge in [-0.1, -0.05) is 19.8 Å². The maximum atomic E-state index is 8.43. The fourth-order valence-electron chi connectivity index (χ4n) is 0.742. The highest BCUT2D eigenvalue weighted by Gasteiger charge is 1.92. The lowest BCUT2D eigenvalue weighted by molar-refractivity contribution is 0.719. The summed E-state index contributed by atoms with van der Waals surface area (Å²) in [5.41, 5.74) is 5.88. The van der Waals surface area contributed by atoms with E-state index in [4.69, 9.17) is 11.0 Å². The number of hydrogen-bond acceptors (Lipinski definition) is 2. The molecule has 0 atom stereocenters. The molecule has 0 saturated heterocycles. The maximum Gasteiger partial charge on any atom is 0.0962 e. The van der Waals surface area contributed by atoms with Crippen molar-refractivity contribution in [3.63, 3.8) is 0 Å². The first-order valence-corrected chi connectivity index (χ1v) is 3.66. The van der Waals surface area contributed by atoms with Crippen LogP contribution >= 0.6 is 0 Å². The van der Waals surface area contributed by atoms with Crippen molar-refractivity contribution >= 4 is 0 Å². The number of rotatable bonds is 4. The molecular formula is C8H14N2. The van der Waals surface area contributed by atoms with Gasteiger partial charge in [-0.15, -0.1) is 0 Å². The maximum absolute atomic E-state index is 8.43. The van der Waals surface area contributed by atoms with Crippen LogP contribution in [0, 0.1) is 11.3 Å². The highest BCUT2D eigenvalue weighted by Crippen LogP contribution is 2.05. The van der Waals surface area contributed by atoms with Crippen LogP contribution in [-0.4, -0.2) is 0 Å². The van der Waals surface area contributed by atoms with Gasteiger partial charge < -0.3 is 5.73 Å². The molecule has 0 fully saturated rings. The second-order valence-electron chi connectivity index (χ2n) is 2.26. The third-order valence-corrected chi connectivity index (χ3v) is 1.39. The zero-order valence-corrected chi connectivity index (χ0v) is 6.43. The number of allylic oxidation sites excluding steroid dienone is 1. The standard InChI is InChI=1S/C8H14N2/c1-2-3-4-5-8(6-9)7-10/h6H,2-5,9H2,1H3/b8-6-. The van der Waals surface area contributed by atoms with Crippen LogP contribution in [0.25, 0.3) is 0 Å². The van der Waals surface area contributed by atoms with Crippen molar-refractivity contribution < 1.29 is 0 Å². The van der Waals surface area contributed by atoms with E-state index in [1.54, 1.807) is 0 Å². The highest BCUT2D eigenvalue weighted by atomic mass is 14.5. The molecule has 2 N–H and O–H groups in total. The normalized spacial score (nSPS) is 11.0. The van der Waals surface area contributed by atoms with E-state index >= 15 is 0 Å². The Labute approximate surface area is 62.3 Å². The Morgan fingerprint density at radius 2 is 2.30 bits per heavy atom. The lowest BCUT2D eigenvalue weighted by atomic mass is 10.1. The Kier molecular flexibility index (Phi) is 5.56. The molecule has 2 heteroatoms. The lowest BCUT2D eigenvalue weighted by Crippen LogP contribution is -1.86. The van der Waals surface area contributed by atoms with Crippen molar-refractivity contribution in [1.29, 1.82) is 5.26 Å². The first kappa shape index (κ1) is 9.03. The van der Waals surface area contributed by atoms with Gasteiger partial charge in [0.1, 0.15) is 0 Å². The van der Waals surface area contributed by atoms with Crippen LogP contribution in [0.5, 0.6) is 0 Å². The number of hydrogen-bond donors (Lipinski definition) is 1. The molecule has 0 aromatic heterocycles. The molecule has 0 spiro atoms. The van der Waals surface area contributed by atoms with Crippen LogP contribution in [0.3, 0.4) is 0 Å². The lowest BCUT2D eigenvalue weighted by Gasteiger charge is -1.94. The van der Waals surface area contributed by atoms with Crippen LogP contribution in [0.15, 0.2) is 11.8 Å². The summed E-state index contributed by atoms with van der Waals surface area (Å²) in [7, 11) is 0. The van der Waals surface area contributed by atoms with E-state index in [-0.39, 0.29) is 0 Å². The summed E-state index contributed by atoms with van der Waals surface area (Å²) in [6.07, 6.45) is 5.67. The monoisotopic (exact) mass is 138 g/mol. The van der Waals surface area contributed by atoms with Crippen molar-refractivity contribution in [2.24, 2.45) is 5.73 Å². The van der Waals surface area contributed by atoms with Gasteiger partial charge in [0.05, 0.1) is 6.07 Å². The Morgan fingerprint density at radius 1 is 1.60 bits per heavy atom. The zero-order chi connectivity index (χ0) is 7.82. The molecular weight excluding hydrogens is 124 g/mol. The van der Waals surface area contributed by atoms with E-state index in [1.807, 2.05) is 6.07 Å². The highest BCUT2D eigenvalue weighted by molar-refractivity contribution is 5.18. The van der Waals surface area contributed by atoms with Gasteiger partial charge in [-0.2, -0.15) is 5.26 Å². The van der Waals surface area contributed by atoms with Gasteiger partial charge >= 0.3 is 0 Å². The largest absolute Gasteiger partial charge is 0.404 e. The van der Waals surface area contributed by atoms with E-state index in [2.05, 4.69) is 6.92 Å². The molecule has 2 nitrogen and oxygen atoms in total. The Hall–Kier alpha value is -0.970. The molecule has 0 rings (SSSR count). The first-order valence-electron chi connectivity index (χ1n) is 3.66. The second-order valence-corrected chi connectivity index (χ2v) is 2.26. The summed E-state index contributed by atoms with van der Waals surface area (Å²) in [6.45, 7) is 2.14. The van der Waals surface area contributed by atoms with Crippen LogP contribution < -0.4 is 5.73 Å². The van der Waals surface area contributed by atoms with Crippen molar-refractivity contribution in [2.45, 2.75) is 32.6 Å². The molecule has 0 unspecified atom stereocenters. The van der Waals surface area contributed by atoms with Gasteiger partial charge in [0, 0.05) is 11.8 Å². The molecule has 0 heterocycles. The predicted molar refractivity (Wildman–Crippen MR) is 42.0 cm³/mol. The van der Waals surface area contributed by atoms with Crippen molar-refractivity contribution in [3.05, 3.63) is 11.8 Å². The van der Waals surface area contributed by atoms with Crippen LogP contribution in [0.1, 0.15) is 32.6 Å². The SMILES string of the molecule is CCCCC/C(C#N)=C/N. The summed E-state index contributed by atoms with van der Waals surface area (Å²) >= 11 is 0. The number of unbranched alkanes of at least 4 members (excludes halogenated alkanes) is 2. The molecule has 0 aromatic rings. The predicted octanol–water partition coefficient (Wildman–Crippen LogP) is 1.93. The zero-order valence-electron chi connectivity index (χ0n) is 6.43. The number of nitrogens with two attached hydrogens (primary N) is 1. The van der Waals surface area contributed by atoms with Crippen molar-refractivity contribution in [1.82, 2.24) is 0 Å². The average molecular weight is 138 g/mol. The molecule has 0 bridgehead atoms. The minimum atomic E-state index is 0.702. The summed E-state index contributed by atoms with van der Waals surface area (Å²) in [5.74, 6) is 0. The van der Waals surface area contributed by atoms with Crippen LogP contribution in [0.2, 0.25) is 0 Å². The molecule has 56 valence electrons. The van der Waals surface area contributed by atoms with E-state index in [1.165, 1.54) is 19.0 Å². The van der Waals surface area contributed by atoms with Gasteiger partial charge in [-0.25, -0.2) is 0 Å². The van der Waals surface area contributed by atoms with Gasteiger partial charge in [-0.05, 0) is 12.8 Å². The molecule has 0 amide bonds. The van der Waals surface area contributed by atoms with Gasteiger partial charge in [0.2, 0.25) is 0 Å². The Balaban J connectivity index is 3.40. The van der Waals surface area contributed by atoms with Crippen molar-refractivity contribution in [2.75, 3.05) is 0 Å². The second kappa shape index (κ2) is 6.15. The summed E-state index contributed by atoms with van der Waals surface area (Å²) < 4.78 is 0. The molecule has 0 aliphatic heterocycles. The molecule has 0 aliphatic rings. The van der Waals surface area contributed by atoms with E-state index in [0.29, 0.717) is 5.57 Å². The van der Waals surface area contributed by atoms with E-state index < -0.39 is 0 Å². The smallest absolute Gasteiger partial charge is 0.0962 e. The minimum absolute atomic E-state index is 0.702. The van der Waals surface area contributed by atoms with Crippen LogP contribution in [0.4, 0.5) is 0 Å². The fourth-order valence-corrected chi connectivity index (χ4v) is 0.742. The van der Waals surface area contributed by atoms with E-state index in [9.17, 15) is 0 Å². The third-order valence-electron chi connectivity index (χ3n) is 1.39. The van der Waals surface area contributed by atoms with Crippen molar-refractivity contribution in [3.8, 4) is 6.07 Å². The van der Waals surface area contributed by atoms with Gasteiger partial charge in [-0.3, -0.25) is 0 Å². The topological polar surface area (TPSA) is 49.8 Å². The van der Waals surface area contributed by atoms with E-state index in [0.717, 1.165) is 12.8 Å². The molecule has 0 saturated carbocycles. The summed E-state index contributed by atoms with van der Waals surface area (Å²) in [6, 6.07) is 2.05. The third kappa shape index (κ3) is 3.96. The summed E-state index contributed by atoms with van der Waals surface area (Å²) in [4.78, 5) is 0. The molecule has 0 aromatic carbocycles. The Morgan fingerprint density at radius 3 is 2.70 bits per heavy atom. The molecule has 10 heavy (non-hydrogen) atoms. The quantitative estimate of drug-likeness (QED) is 0.476. The average Bonchev–Trinajstić information content (AvgIpc) is 1.99. The molecule has 0 radical (unpaired) electrons. The van der Waals surface area contributed by atoms with Gasteiger partial charge in [0.25, 0.3) is 0 Å². The molecule has 0 aliphatic carbocycles.